The van der Waals surface area contributed by atoms with Crippen molar-refractivity contribution in [3.63, 3.8) is 0 Å². The van der Waals surface area contributed by atoms with Gasteiger partial charge in [0.1, 0.15) is 0 Å². The van der Waals surface area contributed by atoms with E-state index in [4.69, 9.17) is 4.74 Å². The molecule has 19 heavy (non-hydrogen) atoms. The van der Waals surface area contributed by atoms with Gasteiger partial charge in [-0.25, -0.2) is 0 Å². The van der Waals surface area contributed by atoms with Crippen molar-refractivity contribution >= 4 is 0 Å². The van der Waals surface area contributed by atoms with Gasteiger partial charge in [-0.1, -0.05) is 13.3 Å². The van der Waals surface area contributed by atoms with Gasteiger partial charge in [-0.15, -0.1) is 0 Å². The molecule has 0 radical (unpaired) electrons. The topological polar surface area (TPSA) is 15.7 Å². The average molecular weight is 266 g/mol. The monoisotopic (exact) mass is 266 g/mol. The summed E-state index contributed by atoms with van der Waals surface area (Å²) in [7, 11) is 0. The Balaban J connectivity index is 1.50. The lowest BCUT2D eigenvalue weighted by Gasteiger charge is -2.49. The fourth-order valence-corrected chi connectivity index (χ4v) is 4.07. The summed E-state index contributed by atoms with van der Waals surface area (Å²) in [6.07, 6.45) is 6.82. The van der Waals surface area contributed by atoms with E-state index in [1.165, 1.54) is 58.3 Å². The highest BCUT2D eigenvalue weighted by Crippen LogP contribution is 2.41. The average Bonchev–Trinajstić information content (AvgIpc) is 2.40. The van der Waals surface area contributed by atoms with Gasteiger partial charge >= 0.3 is 0 Å². The van der Waals surface area contributed by atoms with Gasteiger partial charge in [0, 0.05) is 51.5 Å². The number of ether oxygens (including phenoxy) is 1. The van der Waals surface area contributed by atoms with E-state index < -0.39 is 0 Å². The van der Waals surface area contributed by atoms with Crippen molar-refractivity contribution in [1.82, 2.24) is 9.80 Å². The fourth-order valence-electron chi connectivity index (χ4n) is 4.07. The molecule has 2 aliphatic heterocycles. The number of rotatable bonds is 3. The third-order valence-corrected chi connectivity index (χ3v) is 5.65. The predicted molar refractivity (Wildman–Crippen MR) is 78.4 cm³/mol. The second-order valence-corrected chi connectivity index (χ2v) is 7.32. The Bertz CT molecular complexity index is 297. The molecule has 3 fully saturated rings. The Morgan fingerprint density at radius 1 is 1.16 bits per heavy atom. The van der Waals surface area contributed by atoms with E-state index in [2.05, 4.69) is 23.6 Å². The van der Waals surface area contributed by atoms with Gasteiger partial charge in [0.15, 0.2) is 0 Å². The first-order chi connectivity index (χ1) is 9.16. The molecule has 1 aliphatic carbocycles. The van der Waals surface area contributed by atoms with Gasteiger partial charge in [0.05, 0.1) is 0 Å². The molecular formula is C16H30N2O. The van der Waals surface area contributed by atoms with Crippen LogP contribution in [0.5, 0.6) is 0 Å². The Morgan fingerprint density at radius 2 is 1.89 bits per heavy atom. The highest BCUT2D eigenvalue weighted by atomic mass is 16.5. The van der Waals surface area contributed by atoms with E-state index in [9.17, 15) is 0 Å². The van der Waals surface area contributed by atoms with Crippen LogP contribution in [0.15, 0.2) is 0 Å². The summed E-state index contributed by atoms with van der Waals surface area (Å²) >= 11 is 0. The van der Waals surface area contributed by atoms with Crippen LogP contribution in [-0.4, -0.2) is 61.3 Å². The van der Waals surface area contributed by atoms with Crippen LogP contribution in [0.3, 0.4) is 0 Å². The number of hydrogen-bond acceptors (Lipinski definition) is 3. The van der Waals surface area contributed by atoms with Gasteiger partial charge in [-0.3, -0.25) is 9.80 Å². The van der Waals surface area contributed by atoms with Crippen LogP contribution >= 0.6 is 0 Å². The molecule has 1 saturated carbocycles. The molecule has 0 spiro atoms. The molecule has 0 aromatic carbocycles. The summed E-state index contributed by atoms with van der Waals surface area (Å²) in [4.78, 5) is 5.47. The third-order valence-electron chi connectivity index (χ3n) is 5.65. The molecule has 0 aromatic heterocycles. The van der Waals surface area contributed by atoms with Crippen LogP contribution in [0.2, 0.25) is 0 Å². The summed E-state index contributed by atoms with van der Waals surface area (Å²) in [6, 6.07) is 1.52. The summed E-state index contributed by atoms with van der Waals surface area (Å²) in [5.41, 5.74) is 0.634. The molecule has 3 heteroatoms. The van der Waals surface area contributed by atoms with Gasteiger partial charge in [-0.05, 0) is 38.0 Å². The molecule has 3 nitrogen and oxygen atoms in total. The minimum Gasteiger partial charge on any atom is -0.381 e. The van der Waals surface area contributed by atoms with Gasteiger partial charge < -0.3 is 4.74 Å². The number of hydrogen-bond donors (Lipinski definition) is 0. The van der Waals surface area contributed by atoms with Crippen molar-refractivity contribution in [2.24, 2.45) is 5.41 Å². The Hall–Kier alpha value is -0.120. The first-order valence-electron chi connectivity index (χ1n) is 8.22. The molecule has 3 rings (SSSR count). The maximum atomic E-state index is 5.49. The maximum absolute atomic E-state index is 5.49. The zero-order valence-electron chi connectivity index (χ0n) is 12.7. The van der Waals surface area contributed by atoms with Crippen LogP contribution in [-0.2, 0) is 4.74 Å². The Morgan fingerprint density at radius 3 is 2.47 bits per heavy atom. The summed E-state index contributed by atoms with van der Waals surface area (Å²) < 4.78 is 5.49. The molecule has 2 saturated heterocycles. The molecule has 0 N–H and O–H groups in total. The van der Waals surface area contributed by atoms with Crippen molar-refractivity contribution in [3.05, 3.63) is 0 Å². The molecule has 3 aliphatic rings. The zero-order valence-corrected chi connectivity index (χ0v) is 12.7. The van der Waals surface area contributed by atoms with Gasteiger partial charge in [0.2, 0.25) is 0 Å². The fraction of sp³-hybridized carbons (Fsp3) is 1.00. The second kappa shape index (κ2) is 5.71. The number of nitrogens with zero attached hydrogens (tertiary/aromatic N) is 2. The van der Waals surface area contributed by atoms with Gasteiger partial charge in [0.25, 0.3) is 0 Å². The Kier molecular flexibility index (Phi) is 4.16. The largest absolute Gasteiger partial charge is 0.381 e. The summed E-state index contributed by atoms with van der Waals surface area (Å²) in [5.74, 6) is 0. The van der Waals surface area contributed by atoms with E-state index in [1.807, 2.05) is 0 Å². The lowest BCUT2D eigenvalue weighted by molar-refractivity contribution is -0.0206. The molecule has 1 atom stereocenters. The van der Waals surface area contributed by atoms with Crippen LogP contribution in [0.25, 0.3) is 0 Å². The van der Waals surface area contributed by atoms with E-state index >= 15 is 0 Å². The lowest BCUT2D eigenvalue weighted by atomic mass is 9.70. The van der Waals surface area contributed by atoms with Crippen molar-refractivity contribution in [1.29, 1.82) is 0 Å². The normalized spacial score (nSPS) is 34.1. The first-order valence-corrected chi connectivity index (χ1v) is 8.22. The van der Waals surface area contributed by atoms with Crippen LogP contribution in [0.1, 0.15) is 46.0 Å². The highest BCUT2D eigenvalue weighted by molar-refractivity contribution is 4.91. The third kappa shape index (κ3) is 3.14. The van der Waals surface area contributed by atoms with Gasteiger partial charge in [-0.2, -0.15) is 0 Å². The molecule has 110 valence electrons. The predicted octanol–water partition coefficient (Wildman–Crippen LogP) is 2.36. The molecule has 0 amide bonds. The standard InChI is InChI=1S/C16H30N2O/c1-14-12-17(15-4-10-19-11-5-15)8-9-18(14)13-16(2)6-3-7-16/h14-15H,3-13H2,1-2H3/t14-/m0/s1. The Labute approximate surface area is 118 Å². The first kappa shape index (κ1) is 13.8. The van der Waals surface area contributed by atoms with Crippen molar-refractivity contribution in [2.75, 3.05) is 39.4 Å². The van der Waals surface area contributed by atoms with E-state index in [1.54, 1.807) is 0 Å². The van der Waals surface area contributed by atoms with E-state index in [-0.39, 0.29) is 0 Å². The zero-order chi connectivity index (χ0) is 13.3. The minimum absolute atomic E-state index is 0.634. The van der Waals surface area contributed by atoms with Crippen LogP contribution < -0.4 is 0 Å². The SMILES string of the molecule is C[C@H]1CN(C2CCOCC2)CCN1CC1(C)CCC1. The highest BCUT2D eigenvalue weighted by Gasteiger charge is 2.37. The van der Waals surface area contributed by atoms with Crippen LogP contribution in [0, 0.1) is 5.41 Å². The van der Waals surface area contributed by atoms with E-state index in [0.717, 1.165) is 25.3 Å². The van der Waals surface area contributed by atoms with Crippen molar-refractivity contribution in [2.45, 2.75) is 58.0 Å². The van der Waals surface area contributed by atoms with Crippen molar-refractivity contribution in [3.8, 4) is 0 Å². The summed E-state index contributed by atoms with van der Waals surface area (Å²) in [6.45, 7) is 12.0. The molecular weight excluding hydrogens is 236 g/mol. The molecule has 0 unspecified atom stereocenters. The molecule has 0 bridgehead atoms. The number of piperazine rings is 1. The second-order valence-electron chi connectivity index (χ2n) is 7.32. The summed E-state index contributed by atoms with van der Waals surface area (Å²) in [5, 5.41) is 0. The maximum Gasteiger partial charge on any atom is 0.0480 e. The minimum atomic E-state index is 0.634. The lowest BCUT2D eigenvalue weighted by Crippen LogP contribution is -2.57. The molecule has 2 heterocycles. The van der Waals surface area contributed by atoms with Crippen LogP contribution in [0.4, 0.5) is 0 Å². The van der Waals surface area contributed by atoms with E-state index in [0.29, 0.717) is 5.41 Å². The molecule has 0 aromatic rings. The van der Waals surface area contributed by atoms with Crippen molar-refractivity contribution < 1.29 is 4.74 Å². The smallest absolute Gasteiger partial charge is 0.0480 e. The quantitative estimate of drug-likeness (QED) is 0.780.